The lowest BCUT2D eigenvalue weighted by Gasteiger charge is -2.40. The lowest BCUT2D eigenvalue weighted by atomic mass is 9.81. The Morgan fingerprint density at radius 3 is 2.13 bits per heavy atom. The number of carbonyl (C=O) groups excluding carboxylic acids is 1. The SMILES string of the molecule is CN(C)c1nc(C(=O)C[C@@H](c2ccc(S(F)(F)(F)(F)F)cc2)C(C)(C)O)cc(=O)[nH]1. The van der Waals surface area contributed by atoms with Crippen LogP contribution in [0.2, 0.25) is 0 Å². The Kier molecular flexibility index (Phi) is 5.37. The van der Waals surface area contributed by atoms with Crippen molar-refractivity contribution in [2.45, 2.75) is 36.7 Å². The second kappa shape index (κ2) is 6.77. The van der Waals surface area contributed by atoms with Crippen molar-refractivity contribution in [3.8, 4) is 0 Å². The molecule has 0 saturated heterocycles. The van der Waals surface area contributed by atoms with Crippen LogP contribution in [-0.2, 0) is 0 Å². The van der Waals surface area contributed by atoms with Gasteiger partial charge in [0.25, 0.3) is 5.56 Å². The molecule has 1 atom stereocenters. The molecule has 0 aliphatic rings. The second-order valence-electron chi connectivity index (χ2n) is 7.72. The van der Waals surface area contributed by atoms with Gasteiger partial charge in [0.15, 0.2) is 5.78 Å². The zero-order valence-corrected chi connectivity index (χ0v) is 17.4. The molecule has 0 bridgehead atoms. The summed E-state index contributed by atoms with van der Waals surface area (Å²) in [7, 11) is -6.66. The van der Waals surface area contributed by atoms with Gasteiger partial charge in [-0.25, -0.2) is 4.98 Å². The highest BCUT2D eigenvalue weighted by Gasteiger charge is 2.65. The standard InChI is InChI=1S/C18H22F5N3O3S/c1-18(2,29)13(11-5-7-12(8-6-11)30(19,20,21,22)23)9-15(27)14-10-16(28)25-17(24-14)26(3)4/h5-8,10,13,29H,9H2,1-4H3,(H,24,25,28)/t13-/m0/s1. The molecular weight excluding hydrogens is 433 g/mol. The van der Waals surface area contributed by atoms with Crippen molar-refractivity contribution >= 4 is 22.0 Å². The first-order chi connectivity index (χ1) is 13.3. The van der Waals surface area contributed by atoms with E-state index < -0.39 is 44.4 Å². The van der Waals surface area contributed by atoms with Gasteiger partial charge in [0.1, 0.15) is 10.6 Å². The number of aromatic amines is 1. The molecule has 1 aromatic heterocycles. The number of rotatable bonds is 7. The molecule has 6 nitrogen and oxygen atoms in total. The topological polar surface area (TPSA) is 86.3 Å². The van der Waals surface area contributed by atoms with Crippen molar-refractivity contribution in [2.75, 3.05) is 19.0 Å². The monoisotopic (exact) mass is 455 g/mol. The average molecular weight is 455 g/mol. The Labute approximate surface area is 169 Å². The lowest BCUT2D eigenvalue weighted by Crippen LogP contribution is -2.31. The molecule has 168 valence electrons. The predicted molar refractivity (Wildman–Crippen MR) is 105 cm³/mol. The molecule has 0 aliphatic carbocycles. The molecule has 1 heterocycles. The van der Waals surface area contributed by atoms with Crippen LogP contribution in [-0.4, -0.2) is 40.6 Å². The minimum absolute atomic E-state index is 0.0547. The second-order valence-corrected chi connectivity index (χ2v) is 10.1. The minimum Gasteiger partial charge on any atom is -0.390 e. The van der Waals surface area contributed by atoms with E-state index in [9.17, 15) is 34.1 Å². The van der Waals surface area contributed by atoms with Crippen LogP contribution in [0.1, 0.15) is 42.2 Å². The van der Waals surface area contributed by atoms with E-state index in [1.54, 1.807) is 14.1 Å². The number of H-pyrrole nitrogens is 1. The van der Waals surface area contributed by atoms with Crippen LogP contribution in [0.15, 0.2) is 40.0 Å². The van der Waals surface area contributed by atoms with Gasteiger partial charge in [0.2, 0.25) is 5.95 Å². The first-order valence-electron chi connectivity index (χ1n) is 8.66. The van der Waals surface area contributed by atoms with Crippen molar-refractivity contribution in [3.05, 3.63) is 51.9 Å². The highest BCUT2D eigenvalue weighted by molar-refractivity contribution is 8.45. The number of hydrogen-bond acceptors (Lipinski definition) is 5. The minimum atomic E-state index is -9.84. The van der Waals surface area contributed by atoms with E-state index in [0.29, 0.717) is 0 Å². The van der Waals surface area contributed by atoms with Gasteiger partial charge in [0.05, 0.1) is 5.60 Å². The molecule has 0 unspecified atom stereocenters. The molecule has 0 saturated carbocycles. The highest BCUT2D eigenvalue weighted by Crippen LogP contribution is 3.02. The summed E-state index contributed by atoms with van der Waals surface area (Å²) in [6.07, 6.45) is -0.414. The number of aliphatic hydroxyl groups is 1. The van der Waals surface area contributed by atoms with Gasteiger partial charge in [-0.2, -0.15) is 0 Å². The molecule has 0 spiro atoms. The van der Waals surface area contributed by atoms with E-state index in [2.05, 4.69) is 9.97 Å². The van der Waals surface area contributed by atoms with Crippen LogP contribution < -0.4 is 10.5 Å². The van der Waals surface area contributed by atoms with E-state index in [0.717, 1.165) is 18.2 Å². The van der Waals surface area contributed by atoms with Crippen LogP contribution in [0.5, 0.6) is 0 Å². The molecule has 30 heavy (non-hydrogen) atoms. The van der Waals surface area contributed by atoms with Gasteiger partial charge in [-0.15, -0.1) is 0 Å². The molecular formula is C18H22F5N3O3S. The number of carbonyl (C=O) groups is 1. The molecule has 2 rings (SSSR count). The van der Waals surface area contributed by atoms with Gasteiger partial charge in [-0.1, -0.05) is 31.6 Å². The van der Waals surface area contributed by atoms with Gasteiger partial charge in [0, 0.05) is 32.5 Å². The number of aromatic nitrogens is 2. The third-order valence-electron chi connectivity index (χ3n) is 4.41. The molecule has 12 heteroatoms. The van der Waals surface area contributed by atoms with Gasteiger partial charge in [-0.3, -0.25) is 14.6 Å². The van der Waals surface area contributed by atoms with Crippen molar-refractivity contribution in [2.24, 2.45) is 0 Å². The van der Waals surface area contributed by atoms with E-state index in [1.165, 1.54) is 18.7 Å². The number of Topliss-reactive ketones (excluding diaryl/α,β-unsaturated/α-hetero) is 1. The van der Waals surface area contributed by atoms with Crippen molar-refractivity contribution < 1.29 is 29.3 Å². The number of nitrogens with zero attached hydrogens (tertiary/aromatic N) is 2. The third-order valence-corrected chi connectivity index (χ3v) is 5.57. The fourth-order valence-corrected chi connectivity index (χ4v) is 3.47. The summed E-state index contributed by atoms with van der Waals surface area (Å²) >= 11 is 0. The third kappa shape index (κ3) is 5.79. The van der Waals surface area contributed by atoms with E-state index >= 15 is 0 Å². The van der Waals surface area contributed by atoms with Crippen LogP contribution >= 0.6 is 10.2 Å². The summed E-state index contributed by atoms with van der Waals surface area (Å²) in [5.41, 5.74) is -2.31. The average Bonchev–Trinajstić information content (AvgIpc) is 2.56. The Hall–Kier alpha value is -2.47. The highest BCUT2D eigenvalue weighted by atomic mass is 32.5. The molecule has 0 amide bonds. The zero-order valence-electron chi connectivity index (χ0n) is 16.6. The summed E-state index contributed by atoms with van der Waals surface area (Å²) in [5.74, 6) is -1.57. The van der Waals surface area contributed by atoms with E-state index in [4.69, 9.17) is 0 Å². The number of ketones is 1. The first-order valence-corrected chi connectivity index (χ1v) is 10.6. The summed E-state index contributed by atoms with van der Waals surface area (Å²) < 4.78 is 64.7. The fraction of sp³-hybridized carbons (Fsp3) is 0.389. The van der Waals surface area contributed by atoms with Crippen LogP contribution in [0, 0.1) is 0 Å². The van der Waals surface area contributed by atoms with E-state index in [-0.39, 0.29) is 29.3 Å². The Bertz CT molecular complexity index is 1010. The number of hydrogen-bond donors (Lipinski definition) is 2. The molecule has 0 fully saturated rings. The summed E-state index contributed by atoms with van der Waals surface area (Å²) in [6.45, 7) is 2.67. The van der Waals surface area contributed by atoms with Crippen molar-refractivity contribution in [3.63, 3.8) is 0 Å². The molecule has 1 aromatic carbocycles. The van der Waals surface area contributed by atoms with Crippen molar-refractivity contribution in [1.29, 1.82) is 0 Å². The maximum absolute atomic E-state index is 12.9. The summed E-state index contributed by atoms with van der Waals surface area (Å²) in [5, 5.41) is 10.4. The van der Waals surface area contributed by atoms with Gasteiger partial charge in [-0.05, 0) is 31.5 Å². The fourth-order valence-electron chi connectivity index (χ4n) is 2.82. The van der Waals surface area contributed by atoms with E-state index in [1.807, 2.05) is 0 Å². The zero-order chi connectivity index (χ0) is 23.2. The normalized spacial score (nSPS) is 15.8. The molecule has 2 N–H and O–H groups in total. The quantitative estimate of drug-likeness (QED) is 0.470. The number of halogens is 5. The Balaban J connectivity index is 2.41. The number of anilines is 1. The predicted octanol–water partition coefficient (Wildman–Crippen LogP) is 4.62. The molecule has 0 aliphatic heterocycles. The summed E-state index contributed by atoms with van der Waals surface area (Å²) in [6, 6.07) is 3.04. The Morgan fingerprint density at radius 1 is 1.17 bits per heavy atom. The molecule has 2 aromatic rings. The Morgan fingerprint density at radius 2 is 1.70 bits per heavy atom. The summed E-state index contributed by atoms with van der Waals surface area (Å²) in [4.78, 5) is 30.3. The number of benzene rings is 1. The number of nitrogens with one attached hydrogen (secondary N) is 1. The smallest absolute Gasteiger partial charge is 0.310 e. The maximum Gasteiger partial charge on any atom is 0.310 e. The van der Waals surface area contributed by atoms with Gasteiger partial charge < -0.3 is 10.0 Å². The van der Waals surface area contributed by atoms with Crippen LogP contribution in [0.25, 0.3) is 0 Å². The van der Waals surface area contributed by atoms with Crippen molar-refractivity contribution in [1.82, 2.24) is 9.97 Å². The lowest BCUT2D eigenvalue weighted by molar-refractivity contribution is 0.0440. The maximum atomic E-state index is 12.9. The van der Waals surface area contributed by atoms with Crippen LogP contribution in [0.3, 0.4) is 0 Å². The van der Waals surface area contributed by atoms with Crippen LogP contribution in [0.4, 0.5) is 25.4 Å². The molecule has 0 radical (unpaired) electrons. The van der Waals surface area contributed by atoms with Gasteiger partial charge >= 0.3 is 10.2 Å². The first kappa shape index (κ1) is 23.8. The largest absolute Gasteiger partial charge is 0.390 e.